The third kappa shape index (κ3) is 2.92. The van der Waals surface area contributed by atoms with Gasteiger partial charge in [-0.3, -0.25) is 4.98 Å². The van der Waals surface area contributed by atoms with Gasteiger partial charge in [0.05, 0.1) is 18.0 Å². The highest BCUT2D eigenvalue weighted by molar-refractivity contribution is 6.29. The Hall–Kier alpha value is -2.14. The first kappa shape index (κ1) is 11.3. The second-order valence-electron chi connectivity index (χ2n) is 3.11. The summed E-state index contributed by atoms with van der Waals surface area (Å²) in [5, 5.41) is 8.95. The molecular weight excluding hydrogens is 244 g/mol. The number of rotatable bonds is 3. The van der Waals surface area contributed by atoms with E-state index in [0.29, 0.717) is 5.75 Å². The van der Waals surface area contributed by atoms with Crippen molar-refractivity contribution in [3.63, 3.8) is 0 Å². The number of carbonyl (C=O) groups is 1. The van der Waals surface area contributed by atoms with Gasteiger partial charge in [0.25, 0.3) is 0 Å². The Morgan fingerprint density at radius 1 is 1.24 bits per heavy atom. The monoisotopic (exact) mass is 250 g/mol. The van der Waals surface area contributed by atoms with E-state index in [4.69, 9.17) is 21.4 Å². The molecule has 1 aromatic carbocycles. The van der Waals surface area contributed by atoms with E-state index in [9.17, 15) is 4.79 Å². The first-order valence-corrected chi connectivity index (χ1v) is 5.02. The number of ether oxygens (including phenoxy) is 1. The van der Waals surface area contributed by atoms with Gasteiger partial charge in [-0.25, -0.2) is 4.79 Å². The summed E-state index contributed by atoms with van der Waals surface area (Å²) in [5.41, 5.74) is 0.189. The number of aromatic nitrogens is 2. The molecule has 1 aromatic heterocycles. The lowest BCUT2D eigenvalue weighted by atomic mass is 10.2. The number of halogens is 1. The molecular formula is C11H7ClN2O3. The summed E-state index contributed by atoms with van der Waals surface area (Å²) in [4.78, 5) is 18.3. The van der Waals surface area contributed by atoms with Crippen LogP contribution in [0, 0.1) is 0 Å². The largest absolute Gasteiger partial charge is 0.478 e. The molecule has 0 fully saturated rings. The smallest absolute Gasteiger partial charge is 0.335 e. The molecule has 2 aromatic rings. The van der Waals surface area contributed by atoms with Crippen molar-refractivity contribution < 1.29 is 14.6 Å². The van der Waals surface area contributed by atoms with E-state index in [0.717, 1.165) is 0 Å². The molecule has 0 unspecified atom stereocenters. The number of carboxylic acid groups (broad SMARTS) is 1. The van der Waals surface area contributed by atoms with Crippen LogP contribution in [-0.2, 0) is 0 Å². The molecule has 2 rings (SSSR count). The minimum absolute atomic E-state index is 0.189. The molecule has 0 bridgehead atoms. The van der Waals surface area contributed by atoms with Crippen molar-refractivity contribution in [1.82, 2.24) is 9.97 Å². The molecule has 86 valence electrons. The van der Waals surface area contributed by atoms with Crippen LogP contribution < -0.4 is 4.74 Å². The average molecular weight is 251 g/mol. The predicted octanol–water partition coefficient (Wildman–Crippen LogP) is 2.62. The van der Waals surface area contributed by atoms with E-state index in [1.807, 2.05) is 0 Å². The lowest BCUT2D eigenvalue weighted by Crippen LogP contribution is -1.95. The Kier molecular flexibility index (Phi) is 3.20. The fourth-order valence-electron chi connectivity index (χ4n) is 1.16. The van der Waals surface area contributed by atoms with Crippen molar-refractivity contribution in [3.8, 4) is 11.6 Å². The zero-order valence-corrected chi connectivity index (χ0v) is 9.26. The maximum atomic E-state index is 10.6. The highest BCUT2D eigenvalue weighted by Gasteiger charge is 2.04. The lowest BCUT2D eigenvalue weighted by Gasteiger charge is -2.04. The van der Waals surface area contributed by atoms with Gasteiger partial charge in [-0.15, -0.1) is 0 Å². The summed E-state index contributed by atoms with van der Waals surface area (Å²) in [6.07, 6.45) is 2.80. The van der Waals surface area contributed by atoms with Crippen LogP contribution in [0.5, 0.6) is 11.6 Å². The second kappa shape index (κ2) is 4.80. The van der Waals surface area contributed by atoms with Gasteiger partial charge >= 0.3 is 5.97 Å². The SMILES string of the molecule is O=C(O)c1ccc(Oc2cncc(Cl)n2)cc1. The summed E-state index contributed by atoms with van der Waals surface area (Å²) in [6, 6.07) is 5.95. The van der Waals surface area contributed by atoms with Gasteiger partial charge in [0.15, 0.2) is 5.15 Å². The van der Waals surface area contributed by atoms with Crippen LogP contribution in [0.4, 0.5) is 0 Å². The minimum Gasteiger partial charge on any atom is -0.478 e. The van der Waals surface area contributed by atoms with Gasteiger partial charge in [0.2, 0.25) is 5.88 Å². The molecule has 0 saturated carbocycles. The van der Waals surface area contributed by atoms with E-state index in [-0.39, 0.29) is 16.6 Å². The van der Waals surface area contributed by atoms with Crippen molar-refractivity contribution in [3.05, 3.63) is 47.4 Å². The molecule has 0 aliphatic carbocycles. The van der Waals surface area contributed by atoms with E-state index in [2.05, 4.69) is 9.97 Å². The number of benzene rings is 1. The summed E-state index contributed by atoms with van der Waals surface area (Å²) in [6.45, 7) is 0. The summed E-state index contributed by atoms with van der Waals surface area (Å²) in [5.74, 6) is -0.272. The predicted molar refractivity (Wildman–Crippen MR) is 60.5 cm³/mol. The quantitative estimate of drug-likeness (QED) is 0.907. The number of hydrogen-bond donors (Lipinski definition) is 1. The van der Waals surface area contributed by atoms with Gasteiger partial charge in [0, 0.05) is 0 Å². The van der Waals surface area contributed by atoms with Gasteiger partial charge in [0.1, 0.15) is 5.75 Å². The molecule has 0 amide bonds. The van der Waals surface area contributed by atoms with Crippen LogP contribution in [-0.4, -0.2) is 21.0 Å². The average Bonchev–Trinajstić information content (AvgIpc) is 2.29. The summed E-state index contributed by atoms with van der Waals surface area (Å²) >= 11 is 5.65. The standard InChI is InChI=1S/C11H7ClN2O3/c12-9-5-13-6-10(14-9)17-8-3-1-7(2-4-8)11(15)16/h1-6H,(H,15,16). The second-order valence-corrected chi connectivity index (χ2v) is 3.50. The molecule has 5 nitrogen and oxygen atoms in total. The van der Waals surface area contributed by atoms with Crippen LogP contribution in [0.3, 0.4) is 0 Å². The van der Waals surface area contributed by atoms with Crippen molar-refractivity contribution in [2.75, 3.05) is 0 Å². The van der Waals surface area contributed by atoms with Crippen LogP contribution in [0.15, 0.2) is 36.7 Å². The maximum Gasteiger partial charge on any atom is 0.335 e. The molecule has 17 heavy (non-hydrogen) atoms. The van der Waals surface area contributed by atoms with Gasteiger partial charge in [-0.05, 0) is 24.3 Å². The van der Waals surface area contributed by atoms with E-state index in [1.54, 1.807) is 0 Å². The van der Waals surface area contributed by atoms with Crippen LogP contribution >= 0.6 is 11.6 Å². The maximum absolute atomic E-state index is 10.6. The molecule has 0 radical (unpaired) electrons. The number of aromatic carboxylic acids is 1. The van der Waals surface area contributed by atoms with Crippen LogP contribution in [0.25, 0.3) is 0 Å². The fraction of sp³-hybridized carbons (Fsp3) is 0. The van der Waals surface area contributed by atoms with Crippen molar-refractivity contribution in [2.24, 2.45) is 0 Å². The first-order valence-electron chi connectivity index (χ1n) is 4.64. The van der Waals surface area contributed by atoms with Crippen LogP contribution in [0.2, 0.25) is 5.15 Å². The molecule has 0 atom stereocenters. The van der Waals surface area contributed by atoms with E-state index in [1.165, 1.54) is 36.7 Å². The minimum atomic E-state index is -0.987. The molecule has 0 spiro atoms. The highest BCUT2D eigenvalue weighted by Crippen LogP contribution is 2.20. The normalized spacial score (nSPS) is 9.94. The third-order valence-electron chi connectivity index (χ3n) is 1.91. The van der Waals surface area contributed by atoms with Gasteiger partial charge in [-0.2, -0.15) is 4.98 Å². The Bertz CT molecular complexity index is 543. The van der Waals surface area contributed by atoms with Crippen molar-refractivity contribution in [2.45, 2.75) is 0 Å². The highest BCUT2D eigenvalue weighted by atomic mass is 35.5. The zero-order valence-electron chi connectivity index (χ0n) is 8.50. The Labute approximate surface area is 102 Å². The lowest BCUT2D eigenvalue weighted by molar-refractivity contribution is 0.0697. The van der Waals surface area contributed by atoms with E-state index >= 15 is 0 Å². The molecule has 1 heterocycles. The van der Waals surface area contributed by atoms with Crippen LogP contribution in [0.1, 0.15) is 10.4 Å². The van der Waals surface area contributed by atoms with Crippen molar-refractivity contribution >= 4 is 17.6 Å². The molecule has 0 saturated heterocycles. The molecule has 0 aliphatic heterocycles. The number of hydrogen-bond acceptors (Lipinski definition) is 4. The summed E-state index contributed by atoms with van der Waals surface area (Å²) in [7, 11) is 0. The zero-order chi connectivity index (χ0) is 12.3. The molecule has 0 aliphatic rings. The fourth-order valence-corrected chi connectivity index (χ4v) is 1.30. The first-order chi connectivity index (χ1) is 8.15. The summed E-state index contributed by atoms with van der Waals surface area (Å²) < 4.78 is 5.34. The Morgan fingerprint density at radius 2 is 1.94 bits per heavy atom. The Balaban J connectivity index is 2.16. The Morgan fingerprint density at radius 3 is 2.53 bits per heavy atom. The third-order valence-corrected chi connectivity index (χ3v) is 2.09. The van der Waals surface area contributed by atoms with E-state index < -0.39 is 5.97 Å². The van der Waals surface area contributed by atoms with Gasteiger partial charge in [-0.1, -0.05) is 11.6 Å². The molecule has 1 N–H and O–H groups in total. The topological polar surface area (TPSA) is 72.3 Å². The van der Waals surface area contributed by atoms with Crippen molar-refractivity contribution in [1.29, 1.82) is 0 Å². The molecule has 6 heteroatoms. The number of nitrogens with zero attached hydrogens (tertiary/aromatic N) is 2. The van der Waals surface area contributed by atoms with Gasteiger partial charge < -0.3 is 9.84 Å². The number of carboxylic acids is 1.